The minimum Gasteiger partial charge on any atom is -0.503 e. The summed E-state index contributed by atoms with van der Waals surface area (Å²) in [5.41, 5.74) is 0.195. The second-order valence-corrected chi connectivity index (χ2v) is 6.33. The zero-order valence-corrected chi connectivity index (χ0v) is 14.2. The third kappa shape index (κ3) is 3.43. The molecule has 0 spiro atoms. The van der Waals surface area contributed by atoms with Gasteiger partial charge in [-0.05, 0) is 13.0 Å². The van der Waals surface area contributed by atoms with Crippen molar-refractivity contribution >= 4 is 11.7 Å². The summed E-state index contributed by atoms with van der Waals surface area (Å²) < 4.78 is 14.3. The Morgan fingerprint density at radius 1 is 1.28 bits per heavy atom. The molecule has 0 radical (unpaired) electrons. The summed E-state index contributed by atoms with van der Waals surface area (Å²) in [7, 11) is 0. The predicted octanol–water partition coefficient (Wildman–Crippen LogP) is 1.02. The molecule has 25 heavy (non-hydrogen) atoms. The van der Waals surface area contributed by atoms with E-state index >= 15 is 0 Å². The van der Waals surface area contributed by atoms with Crippen molar-refractivity contribution in [2.75, 3.05) is 39.3 Å². The number of hydrogen-bond donors (Lipinski definition) is 2. The van der Waals surface area contributed by atoms with Crippen molar-refractivity contribution < 1.29 is 19.1 Å². The van der Waals surface area contributed by atoms with Crippen molar-refractivity contribution in [2.24, 2.45) is 0 Å². The molecule has 1 aromatic carbocycles. The molecule has 1 saturated heterocycles. The molecule has 1 amide bonds. The number of hydrogen-bond acceptors (Lipinski definition) is 5. The number of nitrogens with one attached hydrogen (secondary N) is 1. The third-order valence-electron chi connectivity index (χ3n) is 4.75. The van der Waals surface area contributed by atoms with E-state index < -0.39 is 29.3 Å². The fraction of sp³-hybridized carbons (Fsp3) is 0.444. The molecule has 2 N–H and O–H groups in total. The SMILES string of the molecule is CC(=O)C1=C(O)C(=O)N(CCN2CCNCC2)[C@H]1c1ccccc1F. The molecule has 0 aromatic heterocycles. The van der Waals surface area contributed by atoms with Crippen LogP contribution in [0.5, 0.6) is 0 Å². The van der Waals surface area contributed by atoms with E-state index in [1.54, 1.807) is 18.2 Å². The van der Waals surface area contributed by atoms with E-state index in [-0.39, 0.29) is 11.1 Å². The van der Waals surface area contributed by atoms with E-state index in [0.29, 0.717) is 13.1 Å². The predicted molar refractivity (Wildman–Crippen MR) is 90.5 cm³/mol. The summed E-state index contributed by atoms with van der Waals surface area (Å²) in [6.07, 6.45) is 0. The number of halogens is 1. The highest BCUT2D eigenvalue weighted by molar-refractivity contribution is 6.08. The second-order valence-electron chi connectivity index (χ2n) is 6.33. The van der Waals surface area contributed by atoms with Crippen molar-refractivity contribution in [1.82, 2.24) is 15.1 Å². The van der Waals surface area contributed by atoms with Gasteiger partial charge in [-0.1, -0.05) is 18.2 Å². The smallest absolute Gasteiger partial charge is 0.290 e. The van der Waals surface area contributed by atoms with E-state index in [9.17, 15) is 19.1 Å². The van der Waals surface area contributed by atoms with Crippen LogP contribution in [0.1, 0.15) is 18.5 Å². The Balaban J connectivity index is 1.88. The normalized spacial score (nSPS) is 21.9. The Morgan fingerprint density at radius 3 is 2.60 bits per heavy atom. The minimum atomic E-state index is -0.880. The number of piperazine rings is 1. The fourth-order valence-electron chi connectivity index (χ4n) is 3.45. The molecule has 0 bridgehead atoms. The summed E-state index contributed by atoms with van der Waals surface area (Å²) in [5, 5.41) is 13.4. The molecule has 3 rings (SSSR count). The molecule has 2 aliphatic heterocycles. The van der Waals surface area contributed by atoms with Crippen LogP contribution >= 0.6 is 0 Å². The number of benzene rings is 1. The van der Waals surface area contributed by atoms with Crippen molar-refractivity contribution in [3.05, 3.63) is 47.0 Å². The van der Waals surface area contributed by atoms with Gasteiger partial charge in [0.2, 0.25) is 0 Å². The lowest BCUT2D eigenvalue weighted by atomic mass is 9.96. The first-order valence-electron chi connectivity index (χ1n) is 8.43. The zero-order chi connectivity index (χ0) is 18.0. The van der Waals surface area contributed by atoms with Crippen LogP contribution in [-0.2, 0) is 9.59 Å². The van der Waals surface area contributed by atoms with Gasteiger partial charge in [0.05, 0.1) is 11.6 Å². The molecule has 0 aliphatic carbocycles. The summed E-state index contributed by atoms with van der Waals surface area (Å²) >= 11 is 0. The topological polar surface area (TPSA) is 72.9 Å². The summed E-state index contributed by atoms with van der Waals surface area (Å²) in [6, 6.07) is 5.17. The average Bonchev–Trinajstić information content (AvgIpc) is 2.85. The largest absolute Gasteiger partial charge is 0.503 e. The average molecular weight is 347 g/mol. The zero-order valence-electron chi connectivity index (χ0n) is 14.2. The summed E-state index contributed by atoms with van der Waals surface area (Å²) in [6.45, 7) is 5.71. The highest BCUT2D eigenvalue weighted by Gasteiger charge is 2.43. The molecule has 2 aliphatic rings. The molecule has 2 heterocycles. The summed E-state index contributed by atoms with van der Waals surface area (Å²) in [4.78, 5) is 28.1. The maximum atomic E-state index is 14.3. The maximum absolute atomic E-state index is 14.3. The van der Waals surface area contributed by atoms with Gasteiger partial charge in [-0.15, -0.1) is 0 Å². The minimum absolute atomic E-state index is 0.0320. The molecule has 0 unspecified atom stereocenters. The molecule has 1 atom stereocenters. The molecule has 6 nitrogen and oxygen atoms in total. The van der Waals surface area contributed by atoms with Gasteiger partial charge in [0.15, 0.2) is 11.5 Å². The number of carbonyl (C=O) groups is 2. The number of Topliss-reactive ketones (excluding diaryl/α,β-unsaturated/α-hetero) is 1. The van der Waals surface area contributed by atoms with Crippen molar-refractivity contribution in [3.8, 4) is 0 Å². The Bertz CT molecular complexity index is 713. The van der Waals surface area contributed by atoms with Crippen LogP contribution < -0.4 is 5.32 Å². The quantitative estimate of drug-likeness (QED) is 0.832. The van der Waals surface area contributed by atoms with E-state index in [2.05, 4.69) is 10.2 Å². The van der Waals surface area contributed by atoms with Gasteiger partial charge in [0.1, 0.15) is 5.82 Å². The first-order valence-corrected chi connectivity index (χ1v) is 8.43. The number of carbonyl (C=O) groups excluding carboxylic acids is 2. The Kier molecular flexibility index (Phi) is 5.15. The fourth-order valence-corrected chi connectivity index (χ4v) is 3.45. The number of aliphatic hydroxyl groups is 1. The van der Waals surface area contributed by atoms with Crippen LogP contribution in [0.3, 0.4) is 0 Å². The third-order valence-corrected chi connectivity index (χ3v) is 4.75. The Morgan fingerprint density at radius 2 is 1.96 bits per heavy atom. The van der Waals surface area contributed by atoms with Gasteiger partial charge >= 0.3 is 0 Å². The molecule has 134 valence electrons. The van der Waals surface area contributed by atoms with Crippen LogP contribution in [0.15, 0.2) is 35.6 Å². The molecule has 1 fully saturated rings. The maximum Gasteiger partial charge on any atom is 0.290 e. The molecular formula is C18H22FN3O3. The molecular weight excluding hydrogens is 325 g/mol. The van der Waals surface area contributed by atoms with Crippen molar-refractivity contribution in [2.45, 2.75) is 13.0 Å². The van der Waals surface area contributed by atoms with Crippen LogP contribution in [0, 0.1) is 5.82 Å². The van der Waals surface area contributed by atoms with E-state index in [4.69, 9.17) is 0 Å². The van der Waals surface area contributed by atoms with E-state index in [0.717, 1.165) is 26.2 Å². The van der Waals surface area contributed by atoms with E-state index in [1.165, 1.54) is 17.9 Å². The van der Waals surface area contributed by atoms with Crippen molar-refractivity contribution in [3.63, 3.8) is 0 Å². The molecule has 1 aromatic rings. The van der Waals surface area contributed by atoms with Gasteiger partial charge in [-0.2, -0.15) is 0 Å². The Hall–Kier alpha value is -2.25. The lowest BCUT2D eigenvalue weighted by Gasteiger charge is -2.32. The molecule has 7 heteroatoms. The van der Waals surface area contributed by atoms with Gasteiger partial charge in [0.25, 0.3) is 5.91 Å². The van der Waals surface area contributed by atoms with Crippen LogP contribution in [0.4, 0.5) is 4.39 Å². The first kappa shape index (κ1) is 17.6. The van der Waals surface area contributed by atoms with Crippen LogP contribution in [0.2, 0.25) is 0 Å². The number of ketones is 1. The lowest BCUT2D eigenvalue weighted by Crippen LogP contribution is -2.47. The number of amides is 1. The van der Waals surface area contributed by atoms with Gasteiger partial charge in [-0.3, -0.25) is 14.5 Å². The summed E-state index contributed by atoms with van der Waals surface area (Å²) in [5.74, 6) is -2.11. The van der Waals surface area contributed by atoms with Gasteiger partial charge in [-0.25, -0.2) is 4.39 Å². The van der Waals surface area contributed by atoms with Crippen LogP contribution in [-0.4, -0.2) is 65.9 Å². The lowest BCUT2D eigenvalue weighted by molar-refractivity contribution is -0.129. The van der Waals surface area contributed by atoms with E-state index in [1.807, 2.05) is 0 Å². The number of aliphatic hydroxyl groups excluding tert-OH is 1. The van der Waals surface area contributed by atoms with Gasteiger partial charge in [0, 0.05) is 44.8 Å². The van der Waals surface area contributed by atoms with Crippen LogP contribution in [0.25, 0.3) is 0 Å². The first-order chi connectivity index (χ1) is 12.0. The Labute approximate surface area is 145 Å². The number of nitrogens with zero attached hydrogens (tertiary/aromatic N) is 2. The second kappa shape index (κ2) is 7.33. The highest BCUT2D eigenvalue weighted by atomic mass is 19.1. The number of rotatable bonds is 5. The molecule has 0 saturated carbocycles. The standard InChI is InChI=1S/C18H22FN3O3/c1-12(23)15-16(13-4-2-3-5-14(13)19)22(18(25)17(15)24)11-10-21-8-6-20-7-9-21/h2-5,16,20,24H,6-11H2,1H3/t16-/m0/s1. The van der Waals surface area contributed by atoms with Crippen molar-refractivity contribution in [1.29, 1.82) is 0 Å². The highest BCUT2D eigenvalue weighted by Crippen LogP contribution is 2.38. The van der Waals surface area contributed by atoms with Gasteiger partial charge < -0.3 is 15.3 Å². The monoisotopic (exact) mass is 347 g/mol.